The maximum atomic E-state index is 12.8. The first-order chi connectivity index (χ1) is 13.1. The molecule has 0 fully saturated rings. The van der Waals surface area contributed by atoms with E-state index in [-0.39, 0.29) is 44.0 Å². The predicted molar refractivity (Wildman–Crippen MR) is 94.3 cm³/mol. The molecule has 0 bridgehead atoms. The van der Waals surface area contributed by atoms with E-state index in [0.29, 0.717) is 16.5 Å². The van der Waals surface area contributed by atoms with Crippen LogP contribution in [-0.2, 0) is 19.0 Å². The molecule has 2 atom stereocenters. The van der Waals surface area contributed by atoms with E-state index in [1.54, 1.807) is 24.3 Å². The molecule has 1 aliphatic heterocycles. The van der Waals surface area contributed by atoms with Gasteiger partial charge >= 0.3 is 5.97 Å². The minimum absolute atomic E-state index is 0.0916. The molecule has 2 aromatic rings. The van der Waals surface area contributed by atoms with E-state index >= 15 is 0 Å². The summed E-state index contributed by atoms with van der Waals surface area (Å²) in [5, 5.41) is 18.4. The lowest BCUT2D eigenvalue weighted by atomic mass is 9.93. The number of fused-ring (bicyclic) bond motifs is 1. The van der Waals surface area contributed by atoms with Gasteiger partial charge in [-0.05, 0) is 18.2 Å². The van der Waals surface area contributed by atoms with Crippen LogP contribution in [0.1, 0.15) is 17.9 Å². The van der Waals surface area contributed by atoms with Gasteiger partial charge in [-0.15, -0.1) is 0 Å². The number of para-hydroxylation sites is 1. The number of ether oxygens (including phenoxy) is 3. The molecule has 0 spiro atoms. The monoisotopic (exact) mass is 376 g/mol. The highest BCUT2D eigenvalue weighted by molar-refractivity contribution is 5.84. The van der Waals surface area contributed by atoms with Crippen molar-refractivity contribution in [3.05, 3.63) is 58.2 Å². The molecular weight excluding hydrogens is 356 g/mol. The minimum Gasteiger partial charge on any atom is -0.475 e. The summed E-state index contributed by atoms with van der Waals surface area (Å²) in [4.78, 5) is 24.2. The number of aliphatic hydroxyl groups excluding tert-OH is 1. The molecule has 1 aliphatic rings. The number of carbonyl (C=O) groups is 1. The van der Waals surface area contributed by atoms with Crippen molar-refractivity contribution in [1.82, 2.24) is 0 Å². The summed E-state index contributed by atoms with van der Waals surface area (Å²) in [6.07, 6.45) is 2.18. The van der Waals surface area contributed by atoms with Crippen LogP contribution in [-0.4, -0.2) is 48.9 Å². The third kappa shape index (κ3) is 4.54. The Balaban J connectivity index is 1.81. The van der Waals surface area contributed by atoms with Crippen LogP contribution >= 0.6 is 0 Å². The number of benzene rings is 1. The number of allylic oxidation sites excluding steroid dienone is 1. The van der Waals surface area contributed by atoms with Crippen LogP contribution in [0.3, 0.4) is 0 Å². The molecule has 0 saturated carbocycles. The van der Waals surface area contributed by atoms with Crippen molar-refractivity contribution in [3.63, 3.8) is 0 Å². The molecule has 8 heteroatoms. The van der Waals surface area contributed by atoms with Crippen molar-refractivity contribution in [2.45, 2.75) is 18.6 Å². The van der Waals surface area contributed by atoms with Crippen LogP contribution in [0.5, 0.6) is 0 Å². The van der Waals surface area contributed by atoms with Crippen molar-refractivity contribution < 1.29 is 33.6 Å². The zero-order valence-corrected chi connectivity index (χ0v) is 14.5. The first kappa shape index (κ1) is 19.1. The number of aliphatic carboxylic acids is 1. The van der Waals surface area contributed by atoms with E-state index in [9.17, 15) is 14.7 Å². The largest absolute Gasteiger partial charge is 0.475 e. The van der Waals surface area contributed by atoms with Crippen LogP contribution in [0.2, 0.25) is 0 Å². The number of hydrogen-bond acceptors (Lipinski definition) is 7. The van der Waals surface area contributed by atoms with Gasteiger partial charge in [0.25, 0.3) is 0 Å². The Labute approximate surface area is 154 Å². The Bertz CT molecular complexity index is 885. The molecule has 0 saturated heterocycles. The number of hydrogen-bond donors (Lipinski definition) is 2. The van der Waals surface area contributed by atoms with E-state index in [1.807, 2.05) is 0 Å². The van der Waals surface area contributed by atoms with E-state index < -0.39 is 18.2 Å². The summed E-state index contributed by atoms with van der Waals surface area (Å²) in [6, 6.07) is 6.87. The van der Waals surface area contributed by atoms with Gasteiger partial charge in [-0.3, -0.25) is 4.79 Å². The van der Waals surface area contributed by atoms with Crippen molar-refractivity contribution in [2.24, 2.45) is 0 Å². The first-order valence-corrected chi connectivity index (χ1v) is 8.52. The lowest BCUT2D eigenvalue weighted by Gasteiger charge is -2.27. The molecule has 27 heavy (non-hydrogen) atoms. The molecule has 1 aromatic carbocycles. The van der Waals surface area contributed by atoms with E-state index in [1.165, 1.54) is 12.3 Å². The third-order valence-corrected chi connectivity index (χ3v) is 4.14. The van der Waals surface area contributed by atoms with Crippen molar-refractivity contribution >= 4 is 16.9 Å². The summed E-state index contributed by atoms with van der Waals surface area (Å²) in [7, 11) is 0. The molecule has 3 rings (SSSR count). The van der Waals surface area contributed by atoms with Crippen molar-refractivity contribution in [1.29, 1.82) is 0 Å². The molecule has 1 aromatic heterocycles. The van der Waals surface area contributed by atoms with Gasteiger partial charge in [0, 0.05) is 17.9 Å². The Hall–Kier alpha value is -2.68. The molecule has 144 valence electrons. The second-order valence-corrected chi connectivity index (χ2v) is 5.95. The Morgan fingerprint density at radius 2 is 2.04 bits per heavy atom. The predicted octanol–water partition coefficient (Wildman–Crippen LogP) is 1.62. The molecule has 8 nitrogen and oxygen atoms in total. The van der Waals surface area contributed by atoms with Crippen LogP contribution in [0.25, 0.3) is 11.0 Å². The molecule has 2 N–H and O–H groups in total. The van der Waals surface area contributed by atoms with Gasteiger partial charge < -0.3 is 28.8 Å². The number of rotatable bonds is 8. The minimum atomic E-state index is -1.24. The van der Waals surface area contributed by atoms with Gasteiger partial charge in [0.15, 0.2) is 5.43 Å². The standard InChI is InChI=1S/C19H20O8/c20-5-6-24-7-8-25-17-10-12(9-16(27-17)19(22)23)14-11-26-15-4-2-1-3-13(15)18(14)21/h1-4,9,11-12,17,20H,5-8,10H2,(H,22,23)/t12-,17+/m1/s1. The Morgan fingerprint density at radius 1 is 1.22 bits per heavy atom. The van der Waals surface area contributed by atoms with Crippen molar-refractivity contribution in [3.8, 4) is 0 Å². The van der Waals surface area contributed by atoms with Crippen LogP contribution in [0.4, 0.5) is 0 Å². The smallest absolute Gasteiger partial charge is 0.370 e. The highest BCUT2D eigenvalue weighted by atomic mass is 16.7. The normalized spacial score (nSPS) is 19.5. The van der Waals surface area contributed by atoms with Crippen LogP contribution < -0.4 is 5.43 Å². The first-order valence-electron chi connectivity index (χ1n) is 8.52. The Morgan fingerprint density at radius 3 is 2.81 bits per heavy atom. The number of carboxylic acids is 1. The highest BCUT2D eigenvalue weighted by Crippen LogP contribution is 2.30. The Kier molecular flexibility index (Phi) is 6.23. The topological polar surface area (TPSA) is 115 Å². The third-order valence-electron chi connectivity index (χ3n) is 4.14. The fraction of sp³-hybridized carbons (Fsp3) is 0.368. The lowest BCUT2D eigenvalue weighted by molar-refractivity contribution is -0.160. The quantitative estimate of drug-likeness (QED) is 0.668. The maximum absolute atomic E-state index is 12.8. The second-order valence-electron chi connectivity index (χ2n) is 5.95. The van der Waals surface area contributed by atoms with Gasteiger partial charge in [0.2, 0.25) is 12.0 Å². The van der Waals surface area contributed by atoms with Gasteiger partial charge in [0.05, 0.1) is 38.1 Å². The second kappa shape index (κ2) is 8.81. The SMILES string of the molecule is O=C(O)C1=C[C@@H](c2coc3ccccc3c2=O)C[C@@H](OCCOCCO)O1. The fourth-order valence-corrected chi connectivity index (χ4v) is 2.88. The molecule has 0 aliphatic carbocycles. The summed E-state index contributed by atoms with van der Waals surface area (Å²) in [5.41, 5.74) is 0.602. The number of aliphatic hydroxyl groups is 1. The highest BCUT2D eigenvalue weighted by Gasteiger charge is 2.30. The number of carboxylic acid groups (broad SMARTS) is 1. The molecule has 0 amide bonds. The summed E-state index contributed by atoms with van der Waals surface area (Å²) in [5.74, 6) is -2.04. The van der Waals surface area contributed by atoms with Crippen LogP contribution in [0.15, 0.2) is 51.6 Å². The van der Waals surface area contributed by atoms with E-state index in [0.717, 1.165) is 0 Å². The van der Waals surface area contributed by atoms with Gasteiger partial charge in [-0.2, -0.15) is 0 Å². The average molecular weight is 376 g/mol. The fourth-order valence-electron chi connectivity index (χ4n) is 2.88. The van der Waals surface area contributed by atoms with E-state index in [4.69, 9.17) is 23.7 Å². The van der Waals surface area contributed by atoms with Crippen molar-refractivity contribution in [2.75, 3.05) is 26.4 Å². The summed E-state index contributed by atoms with van der Waals surface area (Å²) in [6.45, 7) is 0.494. The average Bonchev–Trinajstić information content (AvgIpc) is 2.68. The van der Waals surface area contributed by atoms with Gasteiger partial charge in [-0.25, -0.2) is 4.79 Å². The summed E-state index contributed by atoms with van der Waals surface area (Å²) >= 11 is 0. The van der Waals surface area contributed by atoms with Gasteiger partial charge in [-0.1, -0.05) is 12.1 Å². The van der Waals surface area contributed by atoms with Crippen LogP contribution in [0, 0.1) is 0 Å². The lowest BCUT2D eigenvalue weighted by Crippen LogP contribution is -2.29. The molecule has 0 radical (unpaired) electrons. The van der Waals surface area contributed by atoms with Gasteiger partial charge in [0.1, 0.15) is 5.58 Å². The zero-order valence-electron chi connectivity index (χ0n) is 14.5. The zero-order chi connectivity index (χ0) is 19.2. The molecule has 0 unspecified atom stereocenters. The molecule has 2 heterocycles. The molecular formula is C19H20O8. The summed E-state index contributed by atoms with van der Waals surface area (Å²) < 4.78 is 21.5. The maximum Gasteiger partial charge on any atom is 0.370 e. The van der Waals surface area contributed by atoms with E-state index in [2.05, 4.69) is 0 Å².